The first-order valence-electron chi connectivity index (χ1n) is 4.61. The van der Waals surface area contributed by atoms with E-state index in [1.165, 1.54) is 6.92 Å². The molecule has 0 saturated heterocycles. The van der Waals surface area contributed by atoms with Crippen molar-refractivity contribution in [1.82, 2.24) is 0 Å². The van der Waals surface area contributed by atoms with Crippen molar-refractivity contribution in [2.24, 2.45) is 5.92 Å². The van der Waals surface area contributed by atoms with Crippen molar-refractivity contribution in [3.8, 4) is 0 Å². The Morgan fingerprint density at radius 3 is 2.35 bits per heavy atom. The molecule has 0 spiro atoms. The average Bonchev–Trinajstić information content (AvgIpc) is 2.23. The molecule has 17 heavy (non-hydrogen) atoms. The van der Waals surface area contributed by atoms with E-state index < -0.39 is 36.4 Å². The molecule has 0 aromatic carbocycles. The Bertz CT molecular complexity index is 301. The second-order valence-electron chi connectivity index (χ2n) is 3.25. The standard InChI is InChI=1S/C10H14O6.Zn/c1-3-7(11)8(12)5-16-10(15)6(2)4-9(13)14;/h3,6,8,12H,1,4-5H2,2H3,(H,13,14);. The number of hydrogen-bond donors (Lipinski definition) is 2. The Labute approximate surface area is 111 Å². The van der Waals surface area contributed by atoms with Gasteiger partial charge in [0.1, 0.15) is 6.61 Å². The molecule has 0 aliphatic rings. The van der Waals surface area contributed by atoms with Crippen LogP contribution in [0, 0.1) is 5.92 Å². The fraction of sp³-hybridized carbons (Fsp3) is 0.500. The summed E-state index contributed by atoms with van der Waals surface area (Å²) < 4.78 is 4.57. The zero-order valence-corrected chi connectivity index (χ0v) is 12.6. The molecule has 92 valence electrons. The van der Waals surface area contributed by atoms with E-state index in [2.05, 4.69) is 11.3 Å². The van der Waals surface area contributed by atoms with Gasteiger partial charge in [-0.15, -0.1) is 0 Å². The molecule has 0 saturated carbocycles. The van der Waals surface area contributed by atoms with E-state index in [-0.39, 0.29) is 25.9 Å². The van der Waals surface area contributed by atoms with Gasteiger partial charge in [-0.1, -0.05) is 13.5 Å². The largest absolute Gasteiger partial charge is 0.481 e. The zero-order chi connectivity index (χ0) is 12.7. The number of esters is 1. The van der Waals surface area contributed by atoms with Crippen LogP contribution in [0.2, 0.25) is 0 Å². The first kappa shape index (κ1) is 18.3. The summed E-state index contributed by atoms with van der Waals surface area (Å²) in [5.41, 5.74) is 0. The van der Waals surface area contributed by atoms with E-state index in [1.54, 1.807) is 0 Å². The minimum Gasteiger partial charge on any atom is -0.481 e. The van der Waals surface area contributed by atoms with Gasteiger partial charge in [-0.25, -0.2) is 0 Å². The Balaban J connectivity index is 0. The van der Waals surface area contributed by atoms with Crippen LogP contribution in [-0.2, 0) is 38.6 Å². The summed E-state index contributed by atoms with van der Waals surface area (Å²) in [6.07, 6.45) is -0.887. The van der Waals surface area contributed by atoms with E-state index in [0.717, 1.165) is 6.08 Å². The second kappa shape index (κ2) is 9.01. The van der Waals surface area contributed by atoms with Crippen LogP contribution in [0.15, 0.2) is 12.7 Å². The van der Waals surface area contributed by atoms with Crippen LogP contribution >= 0.6 is 0 Å². The number of aliphatic hydroxyl groups excluding tert-OH is 1. The molecule has 0 aliphatic heterocycles. The third-order valence-electron chi connectivity index (χ3n) is 1.80. The number of carboxylic acids is 1. The molecule has 0 heterocycles. The van der Waals surface area contributed by atoms with Crippen molar-refractivity contribution in [2.45, 2.75) is 19.4 Å². The number of aliphatic carboxylic acids is 1. The van der Waals surface area contributed by atoms with Crippen LogP contribution in [0.3, 0.4) is 0 Å². The molecule has 2 atom stereocenters. The number of ether oxygens (including phenoxy) is 1. The average molecular weight is 296 g/mol. The monoisotopic (exact) mass is 294 g/mol. The normalized spacial score (nSPS) is 12.8. The Hall–Kier alpha value is -1.07. The molecule has 0 aromatic heterocycles. The number of hydrogen-bond acceptors (Lipinski definition) is 5. The van der Waals surface area contributed by atoms with Gasteiger partial charge in [0.2, 0.25) is 0 Å². The van der Waals surface area contributed by atoms with Crippen molar-refractivity contribution in [3.05, 3.63) is 12.7 Å². The Morgan fingerprint density at radius 1 is 1.41 bits per heavy atom. The van der Waals surface area contributed by atoms with Crippen LogP contribution < -0.4 is 0 Å². The quantitative estimate of drug-likeness (QED) is 0.382. The molecule has 2 N–H and O–H groups in total. The van der Waals surface area contributed by atoms with Gasteiger partial charge in [-0.3, -0.25) is 14.4 Å². The van der Waals surface area contributed by atoms with E-state index in [4.69, 9.17) is 10.2 Å². The van der Waals surface area contributed by atoms with E-state index >= 15 is 0 Å². The van der Waals surface area contributed by atoms with Crippen molar-refractivity contribution in [2.75, 3.05) is 6.61 Å². The molecule has 2 unspecified atom stereocenters. The first-order chi connectivity index (χ1) is 7.38. The molecular formula is C10H14O6Zn. The predicted molar refractivity (Wildman–Crippen MR) is 53.6 cm³/mol. The number of carbonyl (C=O) groups is 3. The number of rotatable bonds is 7. The molecule has 6 nitrogen and oxygen atoms in total. The topological polar surface area (TPSA) is 101 Å². The molecule has 0 bridgehead atoms. The summed E-state index contributed by atoms with van der Waals surface area (Å²) in [7, 11) is 0. The maximum absolute atomic E-state index is 11.2. The molecule has 0 aromatic rings. The minimum atomic E-state index is -1.45. The molecular weight excluding hydrogens is 281 g/mol. The molecule has 0 rings (SSSR count). The van der Waals surface area contributed by atoms with Crippen molar-refractivity contribution in [3.63, 3.8) is 0 Å². The number of ketones is 1. The van der Waals surface area contributed by atoms with Crippen molar-refractivity contribution >= 4 is 17.7 Å². The molecule has 7 heteroatoms. The maximum atomic E-state index is 11.2. The summed E-state index contributed by atoms with van der Waals surface area (Å²) in [4.78, 5) is 32.3. The van der Waals surface area contributed by atoms with Gasteiger partial charge in [0.15, 0.2) is 11.9 Å². The second-order valence-corrected chi connectivity index (χ2v) is 3.25. The SMILES string of the molecule is C=CC(=O)C(O)COC(=O)C(C)CC(=O)O.[Zn]. The van der Waals surface area contributed by atoms with Gasteiger partial charge in [0.05, 0.1) is 12.3 Å². The number of carboxylic acid groups (broad SMARTS) is 1. The van der Waals surface area contributed by atoms with Gasteiger partial charge >= 0.3 is 11.9 Å². The third kappa shape index (κ3) is 7.77. The van der Waals surface area contributed by atoms with E-state index in [9.17, 15) is 14.4 Å². The van der Waals surface area contributed by atoms with Gasteiger partial charge in [0, 0.05) is 19.5 Å². The van der Waals surface area contributed by atoms with Crippen molar-refractivity contribution in [1.29, 1.82) is 0 Å². The summed E-state index contributed by atoms with van der Waals surface area (Å²) in [6, 6.07) is 0. The van der Waals surface area contributed by atoms with E-state index in [1.807, 2.05) is 0 Å². The molecule has 0 aliphatic carbocycles. The van der Waals surface area contributed by atoms with Gasteiger partial charge in [-0.05, 0) is 6.08 Å². The van der Waals surface area contributed by atoms with Crippen LogP contribution in [-0.4, -0.2) is 40.6 Å². The summed E-state index contributed by atoms with van der Waals surface area (Å²) in [6.45, 7) is 4.05. The summed E-state index contributed by atoms with van der Waals surface area (Å²) in [5, 5.41) is 17.5. The Kier molecular flexibility index (Phi) is 9.71. The first-order valence-corrected chi connectivity index (χ1v) is 4.61. The summed E-state index contributed by atoms with van der Waals surface area (Å²) >= 11 is 0. The summed E-state index contributed by atoms with van der Waals surface area (Å²) in [5.74, 6) is -3.35. The van der Waals surface area contributed by atoms with E-state index in [0.29, 0.717) is 0 Å². The predicted octanol–water partition coefficient (Wildman–Crippen LogP) is -0.246. The van der Waals surface area contributed by atoms with Crippen LogP contribution in [0.25, 0.3) is 0 Å². The van der Waals surface area contributed by atoms with Gasteiger partial charge in [-0.2, -0.15) is 0 Å². The molecule has 0 amide bonds. The van der Waals surface area contributed by atoms with Crippen LogP contribution in [0.5, 0.6) is 0 Å². The van der Waals surface area contributed by atoms with Crippen molar-refractivity contribution < 1.29 is 48.8 Å². The molecule has 0 fully saturated rings. The Morgan fingerprint density at radius 2 is 1.94 bits per heavy atom. The zero-order valence-electron chi connectivity index (χ0n) is 9.59. The van der Waals surface area contributed by atoms with Gasteiger partial charge in [0.25, 0.3) is 0 Å². The number of carbonyl (C=O) groups excluding carboxylic acids is 2. The maximum Gasteiger partial charge on any atom is 0.309 e. The van der Waals surface area contributed by atoms with Crippen LogP contribution in [0.1, 0.15) is 13.3 Å². The smallest absolute Gasteiger partial charge is 0.309 e. The third-order valence-corrected chi connectivity index (χ3v) is 1.80. The minimum absolute atomic E-state index is 0. The fourth-order valence-corrected chi connectivity index (χ4v) is 0.867. The molecule has 0 radical (unpaired) electrons. The van der Waals surface area contributed by atoms with Gasteiger partial charge < -0.3 is 14.9 Å². The fourth-order valence-electron chi connectivity index (χ4n) is 0.867. The van der Waals surface area contributed by atoms with Crippen LogP contribution in [0.4, 0.5) is 0 Å². The number of aliphatic hydroxyl groups is 1.